The summed E-state index contributed by atoms with van der Waals surface area (Å²) in [5.74, 6) is -0.703. The second-order valence-electron chi connectivity index (χ2n) is 2.47. The average molecular weight is 178 g/mol. The maximum absolute atomic E-state index is 10.7. The van der Waals surface area contributed by atoms with Crippen molar-refractivity contribution in [2.75, 3.05) is 5.73 Å². The minimum Gasteiger partial charge on any atom is -0.477 e. The molecule has 2 heterocycles. The van der Waals surface area contributed by atoms with Gasteiger partial charge in [0.2, 0.25) is 0 Å². The molecule has 0 radical (unpaired) electrons. The van der Waals surface area contributed by atoms with Crippen LogP contribution in [0.4, 0.5) is 5.82 Å². The summed E-state index contributed by atoms with van der Waals surface area (Å²) in [6, 6.07) is 1.55. The van der Waals surface area contributed by atoms with Gasteiger partial charge in [0.15, 0.2) is 5.65 Å². The lowest BCUT2D eigenvalue weighted by Crippen LogP contribution is -2.01. The zero-order valence-electron chi connectivity index (χ0n) is 6.51. The Bertz CT molecular complexity index is 476. The van der Waals surface area contributed by atoms with E-state index in [4.69, 9.17) is 10.8 Å². The van der Waals surface area contributed by atoms with Gasteiger partial charge in [-0.1, -0.05) is 0 Å². The summed E-state index contributed by atoms with van der Waals surface area (Å²) in [4.78, 5) is 14.5. The Balaban J connectivity index is 2.83. The summed E-state index contributed by atoms with van der Waals surface area (Å²) in [7, 11) is 0. The molecule has 66 valence electrons. The molecule has 0 amide bonds. The van der Waals surface area contributed by atoms with Crippen molar-refractivity contribution in [3.63, 3.8) is 0 Å². The molecule has 0 aliphatic carbocycles. The molecule has 13 heavy (non-hydrogen) atoms. The number of hydrogen-bond donors (Lipinski definition) is 2. The van der Waals surface area contributed by atoms with E-state index < -0.39 is 5.97 Å². The average Bonchev–Trinajstić information content (AvgIpc) is 2.48. The first kappa shape index (κ1) is 7.53. The fourth-order valence-electron chi connectivity index (χ4n) is 1.06. The van der Waals surface area contributed by atoms with Crippen LogP contribution < -0.4 is 5.73 Å². The van der Waals surface area contributed by atoms with E-state index in [9.17, 15) is 4.79 Å². The highest BCUT2D eigenvalue weighted by Crippen LogP contribution is 2.10. The Morgan fingerprint density at radius 2 is 2.38 bits per heavy atom. The zero-order chi connectivity index (χ0) is 9.42. The molecular formula is C7H6N4O2. The highest BCUT2D eigenvalue weighted by atomic mass is 16.4. The minimum atomic E-state index is -1.06. The lowest BCUT2D eigenvalue weighted by Gasteiger charge is -1.96. The molecule has 0 aromatic carbocycles. The van der Waals surface area contributed by atoms with Gasteiger partial charge < -0.3 is 10.8 Å². The quantitative estimate of drug-likeness (QED) is 0.641. The molecular weight excluding hydrogens is 172 g/mol. The fraction of sp³-hybridized carbons (Fsp3) is 0. The van der Waals surface area contributed by atoms with Gasteiger partial charge in [-0.2, -0.15) is 9.61 Å². The van der Waals surface area contributed by atoms with Crippen LogP contribution in [0, 0.1) is 0 Å². The highest BCUT2D eigenvalue weighted by Gasteiger charge is 2.12. The molecule has 0 saturated heterocycles. The Morgan fingerprint density at radius 1 is 1.62 bits per heavy atom. The van der Waals surface area contributed by atoms with E-state index in [2.05, 4.69) is 10.1 Å². The van der Waals surface area contributed by atoms with Crippen LogP contribution in [0.15, 0.2) is 18.5 Å². The Labute approximate surface area is 72.6 Å². The molecule has 0 aliphatic heterocycles. The summed E-state index contributed by atoms with van der Waals surface area (Å²) < 4.78 is 1.28. The number of anilines is 1. The second kappa shape index (κ2) is 2.44. The molecule has 6 nitrogen and oxygen atoms in total. The van der Waals surface area contributed by atoms with Gasteiger partial charge in [-0.15, -0.1) is 0 Å². The van der Waals surface area contributed by atoms with Gasteiger partial charge in [0.05, 0.1) is 6.20 Å². The number of carbonyl (C=O) groups is 1. The van der Waals surface area contributed by atoms with Crippen molar-refractivity contribution in [2.24, 2.45) is 0 Å². The second-order valence-corrected chi connectivity index (χ2v) is 2.47. The van der Waals surface area contributed by atoms with E-state index in [0.29, 0.717) is 5.82 Å². The van der Waals surface area contributed by atoms with Crippen LogP contribution in [0.1, 0.15) is 10.4 Å². The monoisotopic (exact) mass is 178 g/mol. The van der Waals surface area contributed by atoms with Crippen molar-refractivity contribution in [3.8, 4) is 0 Å². The summed E-state index contributed by atoms with van der Waals surface area (Å²) in [6.07, 6.45) is 2.67. The Hall–Kier alpha value is -2.11. The summed E-state index contributed by atoms with van der Waals surface area (Å²) in [5, 5.41) is 12.5. The molecule has 0 spiro atoms. The van der Waals surface area contributed by atoms with Crippen LogP contribution in [0.5, 0.6) is 0 Å². The molecule has 0 unspecified atom stereocenters. The molecule has 0 fully saturated rings. The molecule has 0 saturated carbocycles. The summed E-state index contributed by atoms with van der Waals surface area (Å²) in [6.45, 7) is 0. The van der Waals surface area contributed by atoms with Crippen LogP contribution >= 0.6 is 0 Å². The Kier molecular flexibility index (Phi) is 1.42. The van der Waals surface area contributed by atoms with Gasteiger partial charge >= 0.3 is 5.97 Å². The largest absolute Gasteiger partial charge is 0.477 e. The van der Waals surface area contributed by atoms with Crippen LogP contribution in [0.25, 0.3) is 5.65 Å². The van der Waals surface area contributed by atoms with Crippen molar-refractivity contribution in [1.82, 2.24) is 14.6 Å². The van der Waals surface area contributed by atoms with Gasteiger partial charge in [0.25, 0.3) is 0 Å². The van der Waals surface area contributed by atoms with E-state index in [0.717, 1.165) is 0 Å². The maximum Gasteiger partial charge on any atom is 0.341 e. The van der Waals surface area contributed by atoms with Crippen LogP contribution in [-0.4, -0.2) is 25.7 Å². The lowest BCUT2D eigenvalue weighted by atomic mass is 10.3. The predicted molar refractivity (Wildman–Crippen MR) is 44.4 cm³/mol. The van der Waals surface area contributed by atoms with Crippen molar-refractivity contribution >= 4 is 17.4 Å². The Morgan fingerprint density at radius 3 is 3.08 bits per heavy atom. The van der Waals surface area contributed by atoms with Crippen molar-refractivity contribution in [2.45, 2.75) is 0 Å². The third kappa shape index (κ3) is 0.994. The van der Waals surface area contributed by atoms with Crippen LogP contribution in [0.2, 0.25) is 0 Å². The van der Waals surface area contributed by atoms with Crippen LogP contribution in [0.3, 0.4) is 0 Å². The van der Waals surface area contributed by atoms with Gasteiger partial charge in [0, 0.05) is 6.20 Å². The number of nitrogen functional groups attached to an aromatic ring is 1. The molecule has 0 atom stereocenters. The highest BCUT2D eigenvalue weighted by molar-refractivity contribution is 5.94. The SMILES string of the molecule is Nc1ccnc2c(C(=O)O)cnn12. The van der Waals surface area contributed by atoms with E-state index in [1.807, 2.05) is 0 Å². The van der Waals surface area contributed by atoms with E-state index >= 15 is 0 Å². The molecule has 2 aromatic rings. The van der Waals surface area contributed by atoms with Gasteiger partial charge in [0.1, 0.15) is 11.4 Å². The van der Waals surface area contributed by atoms with E-state index in [-0.39, 0.29) is 11.2 Å². The number of nitrogens with zero attached hydrogens (tertiary/aromatic N) is 3. The molecule has 2 rings (SSSR count). The predicted octanol–water partition coefficient (Wildman–Crippen LogP) is 0.00970. The number of aromatic nitrogens is 3. The first-order valence-corrected chi connectivity index (χ1v) is 3.51. The number of rotatable bonds is 1. The molecule has 0 aliphatic rings. The molecule has 3 N–H and O–H groups in total. The fourth-order valence-corrected chi connectivity index (χ4v) is 1.06. The maximum atomic E-state index is 10.7. The van der Waals surface area contributed by atoms with Crippen LogP contribution in [-0.2, 0) is 0 Å². The first-order valence-electron chi connectivity index (χ1n) is 3.51. The first-order chi connectivity index (χ1) is 6.20. The number of hydrogen-bond acceptors (Lipinski definition) is 4. The third-order valence-corrected chi connectivity index (χ3v) is 1.66. The number of aromatic carboxylic acids is 1. The van der Waals surface area contributed by atoms with Crippen molar-refractivity contribution < 1.29 is 9.90 Å². The number of carboxylic acids is 1. The smallest absolute Gasteiger partial charge is 0.341 e. The van der Waals surface area contributed by atoms with E-state index in [1.54, 1.807) is 6.07 Å². The van der Waals surface area contributed by atoms with Gasteiger partial charge in [-0.05, 0) is 6.07 Å². The normalized spacial score (nSPS) is 10.5. The zero-order valence-corrected chi connectivity index (χ0v) is 6.51. The van der Waals surface area contributed by atoms with Gasteiger partial charge in [-0.3, -0.25) is 0 Å². The minimum absolute atomic E-state index is 0.0484. The molecule has 6 heteroatoms. The molecule has 2 aromatic heterocycles. The van der Waals surface area contributed by atoms with Gasteiger partial charge in [-0.25, -0.2) is 9.78 Å². The van der Waals surface area contributed by atoms with Crippen molar-refractivity contribution in [3.05, 3.63) is 24.0 Å². The number of nitrogens with two attached hydrogens (primary N) is 1. The molecule has 0 bridgehead atoms. The summed E-state index contributed by atoms with van der Waals surface area (Å²) in [5.41, 5.74) is 5.84. The third-order valence-electron chi connectivity index (χ3n) is 1.66. The van der Waals surface area contributed by atoms with Crippen molar-refractivity contribution in [1.29, 1.82) is 0 Å². The number of carboxylic acid groups (broad SMARTS) is 1. The standard InChI is InChI=1S/C7H6N4O2/c8-5-1-2-9-6-4(7(12)13)3-10-11(5)6/h1-3H,8H2,(H,12,13). The number of fused-ring (bicyclic) bond motifs is 1. The lowest BCUT2D eigenvalue weighted by molar-refractivity contribution is 0.0699. The summed E-state index contributed by atoms with van der Waals surface area (Å²) >= 11 is 0. The van der Waals surface area contributed by atoms with E-state index in [1.165, 1.54) is 16.9 Å². The topological polar surface area (TPSA) is 93.5 Å².